The van der Waals surface area contributed by atoms with Crippen LogP contribution in [0, 0.1) is 16.0 Å². The van der Waals surface area contributed by atoms with E-state index in [1.165, 1.54) is 6.20 Å². The van der Waals surface area contributed by atoms with E-state index in [0.29, 0.717) is 16.1 Å². The molecule has 0 spiro atoms. The van der Waals surface area contributed by atoms with Gasteiger partial charge in [0.2, 0.25) is 0 Å². The Bertz CT molecular complexity index is 461. The minimum Gasteiger partial charge on any atom is -0.365 e. The highest BCUT2D eigenvalue weighted by Crippen LogP contribution is 2.36. The third kappa shape index (κ3) is 3.22. The molecule has 104 valence electrons. The highest BCUT2D eigenvalue weighted by molar-refractivity contribution is 9.10. The van der Waals surface area contributed by atoms with E-state index in [2.05, 4.69) is 31.1 Å². The van der Waals surface area contributed by atoms with Crippen LogP contribution >= 0.6 is 15.9 Å². The van der Waals surface area contributed by atoms with Crippen molar-refractivity contribution in [3.05, 3.63) is 27.0 Å². The third-order valence-electron chi connectivity index (χ3n) is 3.47. The number of rotatable bonds is 4. The van der Waals surface area contributed by atoms with E-state index in [9.17, 15) is 10.1 Å². The molecule has 1 saturated heterocycles. The molecule has 7 heteroatoms. The maximum atomic E-state index is 11.1. The molecule has 6 nitrogen and oxygen atoms in total. The zero-order chi connectivity index (χ0) is 13.8. The maximum Gasteiger partial charge on any atom is 0.311 e. The predicted octanol–water partition coefficient (Wildman–Crippen LogP) is 2.19. The zero-order valence-electron chi connectivity index (χ0n) is 10.8. The number of hydrogen-bond donors (Lipinski definition) is 1. The number of hydrogen-bond acceptors (Lipinski definition) is 5. The lowest BCUT2D eigenvalue weighted by Gasteiger charge is -2.33. The van der Waals surface area contributed by atoms with E-state index in [0.717, 1.165) is 32.5 Å². The van der Waals surface area contributed by atoms with Gasteiger partial charge in [0.1, 0.15) is 11.9 Å². The van der Waals surface area contributed by atoms with Crippen LogP contribution in [0.25, 0.3) is 0 Å². The summed E-state index contributed by atoms with van der Waals surface area (Å²) in [5.41, 5.74) is 0.726. The second-order valence-corrected chi connectivity index (χ2v) is 5.59. The van der Waals surface area contributed by atoms with E-state index in [1.54, 1.807) is 6.20 Å². The Morgan fingerprint density at radius 1 is 1.53 bits per heavy atom. The van der Waals surface area contributed by atoms with Crippen molar-refractivity contribution >= 4 is 27.3 Å². The van der Waals surface area contributed by atoms with E-state index in [1.807, 2.05) is 7.05 Å². The molecule has 1 aliphatic heterocycles. The van der Waals surface area contributed by atoms with E-state index in [-0.39, 0.29) is 10.6 Å². The lowest BCUT2D eigenvalue weighted by atomic mass is 9.96. The second-order valence-electron chi connectivity index (χ2n) is 4.73. The Balaban J connectivity index is 2.17. The van der Waals surface area contributed by atoms with Crippen molar-refractivity contribution in [3.63, 3.8) is 0 Å². The first-order valence-corrected chi connectivity index (χ1v) is 7.10. The maximum absolute atomic E-state index is 11.1. The molecule has 2 heterocycles. The number of halogens is 1. The van der Waals surface area contributed by atoms with Crippen LogP contribution in [0.4, 0.5) is 11.4 Å². The van der Waals surface area contributed by atoms with Crippen molar-refractivity contribution in [2.75, 3.05) is 31.6 Å². The Kier molecular flexibility index (Phi) is 4.71. The minimum absolute atomic E-state index is 0.0708. The fraction of sp³-hybridized carbons (Fsp3) is 0.583. The fourth-order valence-corrected chi connectivity index (χ4v) is 3.09. The van der Waals surface area contributed by atoms with Crippen LogP contribution in [-0.2, 0) is 0 Å². The lowest BCUT2D eigenvalue weighted by molar-refractivity contribution is -0.384. The lowest BCUT2D eigenvalue weighted by Crippen LogP contribution is -2.37. The van der Waals surface area contributed by atoms with Gasteiger partial charge in [-0.25, -0.2) is 0 Å². The normalized spacial score (nSPS) is 16.6. The number of nitro groups is 1. The van der Waals surface area contributed by atoms with E-state index in [4.69, 9.17) is 0 Å². The van der Waals surface area contributed by atoms with Gasteiger partial charge in [-0.15, -0.1) is 0 Å². The topological polar surface area (TPSA) is 71.3 Å². The molecule has 0 radical (unpaired) electrons. The Morgan fingerprint density at radius 3 is 2.79 bits per heavy atom. The number of pyridine rings is 1. The van der Waals surface area contributed by atoms with Gasteiger partial charge >= 0.3 is 5.69 Å². The van der Waals surface area contributed by atoms with Gasteiger partial charge in [0.25, 0.3) is 0 Å². The summed E-state index contributed by atoms with van der Waals surface area (Å²) in [6, 6.07) is 0. The first kappa shape index (κ1) is 14.2. The number of anilines is 1. The van der Waals surface area contributed by atoms with Crippen molar-refractivity contribution in [1.82, 2.24) is 10.3 Å². The molecule has 1 aromatic heterocycles. The standard InChI is InChI=1S/C12H17BrN4O2/c1-14-6-9-2-4-16(5-3-9)12-10(13)7-15-8-11(12)17(18)19/h7-9,14H,2-6H2,1H3. The predicted molar refractivity (Wildman–Crippen MR) is 77.5 cm³/mol. The molecular weight excluding hydrogens is 312 g/mol. The first-order chi connectivity index (χ1) is 9.13. The van der Waals surface area contributed by atoms with Crippen LogP contribution in [0.5, 0.6) is 0 Å². The smallest absolute Gasteiger partial charge is 0.311 e. The second kappa shape index (κ2) is 6.29. The summed E-state index contributed by atoms with van der Waals surface area (Å²) in [6.07, 6.45) is 5.03. The van der Waals surface area contributed by atoms with Crippen LogP contribution in [0.2, 0.25) is 0 Å². The van der Waals surface area contributed by atoms with Gasteiger partial charge in [-0.05, 0) is 48.3 Å². The fourth-order valence-electron chi connectivity index (χ4n) is 2.51. The molecule has 2 rings (SSSR count). The van der Waals surface area contributed by atoms with Crippen LogP contribution in [0.1, 0.15) is 12.8 Å². The molecule has 0 saturated carbocycles. The molecule has 0 aromatic carbocycles. The van der Waals surface area contributed by atoms with Crippen LogP contribution in [0.3, 0.4) is 0 Å². The van der Waals surface area contributed by atoms with Gasteiger partial charge < -0.3 is 10.2 Å². The summed E-state index contributed by atoms with van der Waals surface area (Å²) in [7, 11) is 1.96. The van der Waals surface area contributed by atoms with Crippen LogP contribution < -0.4 is 10.2 Å². The average molecular weight is 329 g/mol. The van der Waals surface area contributed by atoms with Crippen LogP contribution in [0.15, 0.2) is 16.9 Å². The van der Waals surface area contributed by atoms with Gasteiger partial charge in [0.05, 0.1) is 9.40 Å². The molecule has 1 aromatic rings. The Hall–Kier alpha value is -1.21. The van der Waals surface area contributed by atoms with Gasteiger partial charge in [-0.3, -0.25) is 15.1 Å². The van der Waals surface area contributed by atoms with Gasteiger partial charge in [0.15, 0.2) is 0 Å². The molecule has 19 heavy (non-hydrogen) atoms. The summed E-state index contributed by atoms with van der Waals surface area (Å²) >= 11 is 3.38. The largest absolute Gasteiger partial charge is 0.365 e. The Morgan fingerprint density at radius 2 is 2.21 bits per heavy atom. The highest BCUT2D eigenvalue weighted by atomic mass is 79.9. The van der Waals surface area contributed by atoms with Crippen LogP contribution in [-0.4, -0.2) is 36.6 Å². The summed E-state index contributed by atoms with van der Waals surface area (Å²) < 4.78 is 0.689. The van der Waals surface area contributed by atoms with Crippen molar-refractivity contribution in [3.8, 4) is 0 Å². The van der Waals surface area contributed by atoms with Gasteiger partial charge in [0, 0.05) is 19.3 Å². The average Bonchev–Trinajstić information content (AvgIpc) is 2.40. The monoisotopic (exact) mass is 328 g/mol. The highest BCUT2D eigenvalue weighted by Gasteiger charge is 2.26. The molecule has 1 N–H and O–H groups in total. The SMILES string of the molecule is CNCC1CCN(c2c(Br)cncc2[N+](=O)[O-])CC1. The molecule has 0 atom stereocenters. The van der Waals surface area contributed by atoms with E-state index < -0.39 is 0 Å². The zero-order valence-corrected chi connectivity index (χ0v) is 12.4. The Labute approximate surface area is 120 Å². The summed E-state index contributed by atoms with van der Waals surface area (Å²) in [6.45, 7) is 2.69. The van der Waals surface area contributed by atoms with Gasteiger partial charge in [-0.1, -0.05) is 0 Å². The summed E-state index contributed by atoms with van der Waals surface area (Å²) in [5, 5.41) is 14.3. The molecule has 0 amide bonds. The molecule has 0 aliphatic carbocycles. The number of nitrogens with one attached hydrogen (secondary N) is 1. The molecule has 0 bridgehead atoms. The molecule has 1 fully saturated rings. The summed E-state index contributed by atoms with van der Waals surface area (Å²) in [4.78, 5) is 16.7. The van der Waals surface area contributed by atoms with Crippen molar-refractivity contribution in [2.24, 2.45) is 5.92 Å². The minimum atomic E-state index is -0.368. The molecule has 0 unspecified atom stereocenters. The molecular formula is C12H17BrN4O2. The van der Waals surface area contributed by atoms with Crippen molar-refractivity contribution in [2.45, 2.75) is 12.8 Å². The third-order valence-corrected chi connectivity index (χ3v) is 4.05. The first-order valence-electron chi connectivity index (χ1n) is 6.31. The van der Waals surface area contributed by atoms with Crippen molar-refractivity contribution < 1.29 is 4.92 Å². The quantitative estimate of drug-likeness (QED) is 0.677. The van der Waals surface area contributed by atoms with Gasteiger partial charge in [-0.2, -0.15) is 0 Å². The number of nitrogens with zero attached hydrogens (tertiary/aromatic N) is 3. The number of piperidine rings is 1. The van der Waals surface area contributed by atoms with Crippen molar-refractivity contribution in [1.29, 1.82) is 0 Å². The summed E-state index contributed by atoms with van der Waals surface area (Å²) in [5.74, 6) is 0.654. The molecule has 1 aliphatic rings. The van der Waals surface area contributed by atoms with E-state index >= 15 is 0 Å². The number of aromatic nitrogens is 1.